The van der Waals surface area contributed by atoms with Crippen molar-refractivity contribution in [1.82, 2.24) is 4.98 Å². The molecule has 132 valence electrons. The average molecular weight is 346 g/mol. The van der Waals surface area contributed by atoms with E-state index in [0.29, 0.717) is 16.9 Å². The van der Waals surface area contributed by atoms with Crippen LogP contribution in [-0.2, 0) is 0 Å². The first-order valence-corrected chi connectivity index (χ1v) is 8.94. The number of allylic oxidation sites excluding steroid dienone is 1. The summed E-state index contributed by atoms with van der Waals surface area (Å²) in [6, 6.07) is 12.4. The molecule has 0 aliphatic heterocycles. The van der Waals surface area contributed by atoms with Crippen molar-refractivity contribution < 1.29 is 4.79 Å². The Bertz CT molecular complexity index is 834. The molecule has 5 heteroatoms. The predicted octanol–water partition coefficient (Wildman–Crippen LogP) is 4.51. The maximum atomic E-state index is 12.3. The molecular weight excluding hydrogens is 324 g/mol. The average Bonchev–Trinajstić information content (AvgIpc) is 2.69. The molecule has 0 unspecified atom stereocenters. The number of anilines is 2. The van der Waals surface area contributed by atoms with Gasteiger partial charge in [0.1, 0.15) is 5.69 Å². The zero-order valence-electron chi connectivity index (χ0n) is 14.7. The van der Waals surface area contributed by atoms with Crippen molar-refractivity contribution in [1.29, 1.82) is 5.26 Å². The maximum absolute atomic E-state index is 12.3. The largest absolute Gasteiger partial charge is 0.383 e. The van der Waals surface area contributed by atoms with Gasteiger partial charge < -0.3 is 10.6 Å². The SMILES string of the molecule is N#Cc1cccc(NC(=O)c2ccc(NCCC3=CCCCC3)cn2)c1. The molecule has 1 heterocycles. The molecule has 1 aromatic heterocycles. The lowest BCUT2D eigenvalue weighted by Gasteiger charge is -2.13. The van der Waals surface area contributed by atoms with Crippen molar-refractivity contribution in [3.05, 3.63) is 65.5 Å². The van der Waals surface area contributed by atoms with Crippen LogP contribution in [0.3, 0.4) is 0 Å². The van der Waals surface area contributed by atoms with E-state index in [1.165, 1.54) is 31.3 Å². The lowest BCUT2D eigenvalue weighted by atomic mass is 9.97. The van der Waals surface area contributed by atoms with E-state index >= 15 is 0 Å². The highest BCUT2D eigenvalue weighted by molar-refractivity contribution is 6.03. The van der Waals surface area contributed by atoms with Crippen LogP contribution in [0.5, 0.6) is 0 Å². The Balaban J connectivity index is 1.52. The van der Waals surface area contributed by atoms with Gasteiger partial charge >= 0.3 is 0 Å². The highest BCUT2D eigenvalue weighted by atomic mass is 16.1. The Morgan fingerprint density at radius 1 is 1.19 bits per heavy atom. The minimum Gasteiger partial charge on any atom is -0.383 e. The number of carbonyl (C=O) groups is 1. The standard InChI is InChI=1S/C21H22N4O/c22-14-17-7-4-8-18(13-17)25-21(26)20-10-9-19(15-24-20)23-12-11-16-5-2-1-3-6-16/h4-5,7-10,13,15,23H,1-3,6,11-12H2,(H,25,26). The molecule has 0 atom stereocenters. The highest BCUT2D eigenvalue weighted by Gasteiger charge is 2.08. The molecule has 0 spiro atoms. The normalized spacial score (nSPS) is 13.4. The van der Waals surface area contributed by atoms with Gasteiger partial charge in [0.15, 0.2) is 0 Å². The van der Waals surface area contributed by atoms with Crippen molar-refractivity contribution in [3.63, 3.8) is 0 Å². The second kappa shape index (κ2) is 8.82. The zero-order valence-corrected chi connectivity index (χ0v) is 14.7. The monoisotopic (exact) mass is 346 g/mol. The quantitative estimate of drug-likeness (QED) is 0.755. The van der Waals surface area contributed by atoms with Crippen LogP contribution in [0, 0.1) is 11.3 Å². The van der Waals surface area contributed by atoms with E-state index < -0.39 is 0 Å². The van der Waals surface area contributed by atoms with E-state index in [2.05, 4.69) is 27.8 Å². The fraction of sp³-hybridized carbons (Fsp3) is 0.286. The van der Waals surface area contributed by atoms with Crippen molar-refractivity contribution in [2.45, 2.75) is 32.1 Å². The molecule has 5 nitrogen and oxygen atoms in total. The number of aromatic nitrogens is 1. The van der Waals surface area contributed by atoms with E-state index in [-0.39, 0.29) is 5.91 Å². The predicted molar refractivity (Wildman–Crippen MR) is 103 cm³/mol. The third kappa shape index (κ3) is 4.93. The second-order valence-electron chi connectivity index (χ2n) is 6.36. The summed E-state index contributed by atoms with van der Waals surface area (Å²) in [6.45, 7) is 0.875. The van der Waals surface area contributed by atoms with Gasteiger partial charge in [0.05, 0.1) is 23.5 Å². The van der Waals surface area contributed by atoms with Gasteiger partial charge in [0, 0.05) is 12.2 Å². The summed E-state index contributed by atoms with van der Waals surface area (Å²) in [5.41, 5.74) is 3.87. The fourth-order valence-corrected chi connectivity index (χ4v) is 2.99. The van der Waals surface area contributed by atoms with Crippen LogP contribution < -0.4 is 10.6 Å². The first kappa shape index (κ1) is 17.7. The Labute approximate surface area is 153 Å². The van der Waals surface area contributed by atoms with Gasteiger partial charge in [-0.05, 0) is 62.4 Å². The van der Waals surface area contributed by atoms with Crippen LogP contribution in [0.25, 0.3) is 0 Å². The molecule has 2 aromatic rings. The Kier molecular flexibility index (Phi) is 6.00. The summed E-state index contributed by atoms with van der Waals surface area (Å²) < 4.78 is 0. The number of hydrogen-bond acceptors (Lipinski definition) is 4. The van der Waals surface area contributed by atoms with Gasteiger partial charge in [-0.3, -0.25) is 4.79 Å². The number of nitriles is 1. The molecule has 0 saturated heterocycles. The second-order valence-corrected chi connectivity index (χ2v) is 6.36. The van der Waals surface area contributed by atoms with E-state index in [9.17, 15) is 4.79 Å². The number of amides is 1. The summed E-state index contributed by atoms with van der Waals surface area (Å²) in [6.07, 6.45) is 10.1. The number of benzene rings is 1. The summed E-state index contributed by atoms with van der Waals surface area (Å²) in [7, 11) is 0. The van der Waals surface area contributed by atoms with Crippen LogP contribution in [0.4, 0.5) is 11.4 Å². The van der Waals surface area contributed by atoms with Crippen LogP contribution in [-0.4, -0.2) is 17.4 Å². The lowest BCUT2D eigenvalue weighted by Crippen LogP contribution is -2.14. The van der Waals surface area contributed by atoms with Gasteiger partial charge in [0.25, 0.3) is 5.91 Å². The molecule has 0 fully saturated rings. The number of hydrogen-bond donors (Lipinski definition) is 2. The zero-order chi connectivity index (χ0) is 18.2. The number of carbonyl (C=O) groups excluding carboxylic acids is 1. The topological polar surface area (TPSA) is 77.8 Å². The molecule has 3 rings (SSSR count). The lowest BCUT2D eigenvalue weighted by molar-refractivity contribution is 0.102. The number of nitrogens with one attached hydrogen (secondary N) is 2. The van der Waals surface area contributed by atoms with Crippen molar-refractivity contribution in [2.75, 3.05) is 17.2 Å². The molecule has 0 bridgehead atoms. The number of pyridine rings is 1. The van der Waals surface area contributed by atoms with Crippen molar-refractivity contribution >= 4 is 17.3 Å². The van der Waals surface area contributed by atoms with Crippen molar-refractivity contribution in [2.24, 2.45) is 0 Å². The van der Waals surface area contributed by atoms with E-state index in [4.69, 9.17) is 5.26 Å². The van der Waals surface area contributed by atoms with Gasteiger partial charge in [0.2, 0.25) is 0 Å². The molecular formula is C21H22N4O. The Hall–Kier alpha value is -3.13. The first-order valence-electron chi connectivity index (χ1n) is 8.94. The third-order valence-corrected chi connectivity index (χ3v) is 4.41. The first-order chi connectivity index (χ1) is 12.7. The highest BCUT2D eigenvalue weighted by Crippen LogP contribution is 2.20. The Morgan fingerprint density at radius 2 is 2.12 bits per heavy atom. The fourth-order valence-electron chi connectivity index (χ4n) is 2.99. The van der Waals surface area contributed by atoms with Gasteiger partial charge in [-0.1, -0.05) is 17.7 Å². The molecule has 1 aliphatic carbocycles. The minimum absolute atomic E-state index is 0.293. The molecule has 26 heavy (non-hydrogen) atoms. The smallest absolute Gasteiger partial charge is 0.274 e. The minimum atomic E-state index is -0.293. The summed E-state index contributed by atoms with van der Waals surface area (Å²) in [5.74, 6) is -0.293. The number of rotatable bonds is 6. The van der Waals surface area contributed by atoms with E-state index in [0.717, 1.165) is 18.7 Å². The van der Waals surface area contributed by atoms with Crippen LogP contribution in [0.2, 0.25) is 0 Å². The molecule has 1 aliphatic rings. The molecule has 2 N–H and O–H groups in total. The summed E-state index contributed by atoms with van der Waals surface area (Å²) in [5, 5.41) is 15.0. The van der Waals surface area contributed by atoms with Gasteiger partial charge in [-0.2, -0.15) is 5.26 Å². The number of nitrogens with zero attached hydrogens (tertiary/aromatic N) is 2. The molecule has 0 saturated carbocycles. The summed E-state index contributed by atoms with van der Waals surface area (Å²) in [4.78, 5) is 16.5. The van der Waals surface area contributed by atoms with Gasteiger partial charge in [-0.25, -0.2) is 4.98 Å². The van der Waals surface area contributed by atoms with Crippen LogP contribution in [0.1, 0.15) is 48.2 Å². The van der Waals surface area contributed by atoms with E-state index in [1.807, 2.05) is 6.07 Å². The van der Waals surface area contributed by atoms with E-state index in [1.54, 1.807) is 36.5 Å². The Morgan fingerprint density at radius 3 is 2.85 bits per heavy atom. The molecule has 1 aromatic carbocycles. The van der Waals surface area contributed by atoms with Crippen LogP contribution >= 0.6 is 0 Å². The maximum Gasteiger partial charge on any atom is 0.274 e. The van der Waals surface area contributed by atoms with Crippen molar-refractivity contribution in [3.8, 4) is 6.07 Å². The van der Waals surface area contributed by atoms with Crippen LogP contribution in [0.15, 0.2) is 54.2 Å². The molecule has 1 amide bonds. The molecule has 0 radical (unpaired) electrons. The third-order valence-electron chi connectivity index (χ3n) is 4.41. The van der Waals surface area contributed by atoms with Gasteiger partial charge in [-0.15, -0.1) is 0 Å². The summed E-state index contributed by atoms with van der Waals surface area (Å²) >= 11 is 0.